The molecule has 3 aromatic carbocycles. The molecular formula is C31H34N4O7. The summed E-state index contributed by atoms with van der Waals surface area (Å²) >= 11 is 0. The number of nitrogens with one attached hydrogen (secondary N) is 3. The van der Waals surface area contributed by atoms with Crippen molar-refractivity contribution in [3.8, 4) is 17.2 Å². The van der Waals surface area contributed by atoms with E-state index in [-0.39, 0.29) is 37.5 Å². The summed E-state index contributed by atoms with van der Waals surface area (Å²) < 4.78 is 15.9. The fraction of sp³-hybridized carbons (Fsp3) is 0.323. The normalized spacial score (nSPS) is 16.5. The number of phenols is 1. The Morgan fingerprint density at radius 3 is 2.50 bits per heavy atom. The summed E-state index contributed by atoms with van der Waals surface area (Å²) in [5.41, 5.74) is 2.71. The van der Waals surface area contributed by atoms with E-state index in [1.807, 2.05) is 18.2 Å². The van der Waals surface area contributed by atoms with Crippen molar-refractivity contribution in [3.05, 3.63) is 83.4 Å². The second-order valence-electron chi connectivity index (χ2n) is 10.2. The standard InChI is InChI=1S/C31H34N4O7/c1-2-40-30(38)22-6-8-23(9-7-22)33-31(39)34-26(15-20-3-10-25(36)11-4-20)29(37)32-24-13-14-35(18-24)17-21-5-12-27-28(16-21)42-19-41-27/h3-12,16,24,26,36H,2,13-15,17-19H2,1H3,(H,32,37)(H2,33,34,39)/t24?,26-/m0/s1. The molecule has 0 saturated carbocycles. The van der Waals surface area contributed by atoms with E-state index in [1.54, 1.807) is 55.5 Å². The van der Waals surface area contributed by atoms with E-state index in [0.717, 1.165) is 42.1 Å². The van der Waals surface area contributed by atoms with E-state index in [1.165, 1.54) is 0 Å². The molecule has 2 aliphatic heterocycles. The summed E-state index contributed by atoms with van der Waals surface area (Å²) in [4.78, 5) is 40.5. The van der Waals surface area contributed by atoms with Crippen molar-refractivity contribution >= 4 is 23.6 Å². The van der Waals surface area contributed by atoms with Crippen LogP contribution in [0.3, 0.4) is 0 Å². The van der Waals surface area contributed by atoms with Crippen molar-refractivity contribution in [2.24, 2.45) is 0 Å². The third-order valence-corrected chi connectivity index (χ3v) is 7.11. The highest BCUT2D eigenvalue weighted by Gasteiger charge is 2.28. The molecule has 5 rings (SSSR count). The molecule has 1 fully saturated rings. The van der Waals surface area contributed by atoms with Crippen LogP contribution in [-0.2, 0) is 22.5 Å². The number of fused-ring (bicyclic) bond motifs is 1. The van der Waals surface area contributed by atoms with Gasteiger partial charge in [-0.25, -0.2) is 9.59 Å². The van der Waals surface area contributed by atoms with Crippen LogP contribution in [0.4, 0.5) is 10.5 Å². The number of ether oxygens (including phenoxy) is 3. The molecule has 2 heterocycles. The van der Waals surface area contributed by atoms with E-state index in [9.17, 15) is 19.5 Å². The molecule has 220 valence electrons. The average molecular weight is 575 g/mol. The number of likely N-dealkylation sites (tertiary alicyclic amines) is 1. The Morgan fingerprint density at radius 2 is 1.74 bits per heavy atom. The molecular weight excluding hydrogens is 540 g/mol. The number of nitrogens with zero attached hydrogens (tertiary/aromatic N) is 1. The van der Waals surface area contributed by atoms with Crippen LogP contribution in [0, 0.1) is 0 Å². The van der Waals surface area contributed by atoms with Crippen LogP contribution < -0.4 is 25.4 Å². The van der Waals surface area contributed by atoms with Gasteiger partial charge in [0.25, 0.3) is 0 Å². The number of rotatable bonds is 10. The lowest BCUT2D eigenvalue weighted by atomic mass is 10.0. The van der Waals surface area contributed by atoms with Crippen LogP contribution in [0.15, 0.2) is 66.7 Å². The van der Waals surface area contributed by atoms with Crippen molar-refractivity contribution in [2.45, 2.75) is 38.4 Å². The van der Waals surface area contributed by atoms with Crippen LogP contribution >= 0.6 is 0 Å². The quantitative estimate of drug-likeness (QED) is 0.270. The van der Waals surface area contributed by atoms with Crippen molar-refractivity contribution in [1.29, 1.82) is 0 Å². The third-order valence-electron chi connectivity index (χ3n) is 7.11. The number of benzene rings is 3. The summed E-state index contributed by atoms with van der Waals surface area (Å²) in [6.45, 7) is 4.44. The number of anilines is 1. The molecule has 1 saturated heterocycles. The van der Waals surface area contributed by atoms with Crippen LogP contribution in [0.5, 0.6) is 17.2 Å². The first-order chi connectivity index (χ1) is 20.4. The van der Waals surface area contributed by atoms with Crippen molar-refractivity contribution in [3.63, 3.8) is 0 Å². The zero-order chi connectivity index (χ0) is 29.5. The molecule has 3 aromatic rings. The highest BCUT2D eigenvalue weighted by atomic mass is 16.7. The highest BCUT2D eigenvalue weighted by molar-refractivity contribution is 5.95. The van der Waals surface area contributed by atoms with Gasteiger partial charge < -0.3 is 35.3 Å². The Bertz CT molecular complexity index is 1410. The van der Waals surface area contributed by atoms with Crippen LogP contribution in [0.1, 0.15) is 34.8 Å². The number of aromatic hydroxyl groups is 1. The Labute approximate surface area is 243 Å². The lowest BCUT2D eigenvalue weighted by Gasteiger charge is -2.22. The van der Waals surface area contributed by atoms with Crippen LogP contribution in [0.25, 0.3) is 0 Å². The summed E-state index contributed by atoms with van der Waals surface area (Å²) in [5, 5.41) is 18.2. The largest absolute Gasteiger partial charge is 0.508 e. The summed E-state index contributed by atoms with van der Waals surface area (Å²) in [6, 6.07) is 17.2. The van der Waals surface area contributed by atoms with Gasteiger partial charge in [-0.2, -0.15) is 0 Å². The minimum atomic E-state index is -0.865. The number of urea groups is 1. The topological polar surface area (TPSA) is 138 Å². The van der Waals surface area contributed by atoms with Gasteiger partial charge in [-0.3, -0.25) is 9.69 Å². The maximum Gasteiger partial charge on any atom is 0.338 e. The first kappa shape index (κ1) is 28.7. The van der Waals surface area contributed by atoms with Gasteiger partial charge in [-0.05, 0) is 73.0 Å². The van der Waals surface area contributed by atoms with Gasteiger partial charge in [-0.15, -0.1) is 0 Å². The Hall–Kier alpha value is -4.77. The first-order valence-electron chi connectivity index (χ1n) is 13.9. The molecule has 2 aliphatic rings. The fourth-order valence-corrected chi connectivity index (χ4v) is 5.00. The maximum atomic E-state index is 13.4. The molecule has 0 aliphatic carbocycles. The van der Waals surface area contributed by atoms with E-state index < -0.39 is 18.0 Å². The van der Waals surface area contributed by atoms with Gasteiger partial charge >= 0.3 is 12.0 Å². The summed E-state index contributed by atoms with van der Waals surface area (Å²) in [6.07, 6.45) is 1.01. The minimum absolute atomic E-state index is 0.0749. The van der Waals surface area contributed by atoms with E-state index in [2.05, 4.69) is 20.9 Å². The van der Waals surface area contributed by atoms with E-state index >= 15 is 0 Å². The molecule has 4 N–H and O–H groups in total. The van der Waals surface area contributed by atoms with Gasteiger partial charge in [0, 0.05) is 37.8 Å². The Kier molecular flexibility index (Phi) is 9.08. The van der Waals surface area contributed by atoms with Crippen molar-refractivity contribution in [1.82, 2.24) is 15.5 Å². The average Bonchev–Trinajstić information content (AvgIpc) is 3.63. The number of hydrogen-bond donors (Lipinski definition) is 4. The van der Waals surface area contributed by atoms with Crippen molar-refractivity contribution in [2.75, 3.05) is 31.8 Å². The molecule has 11 heteroatoms. The van der Waals surface area contributed by atoms with Gasteiger partial charge in [-0.1, -0.05) is 18.2 Å². The third kappa shape index (κ3) is 7.49. The number of carbonyl (C=O) groups is 3. The van der Waals surface area contributed by atoms with E-state index in [4.69, 9.17) is 14.2 Å². The molecule has 0 radical (unpaired) electrons. The highest BCUT2D eigenvalue weighted by Crippen LogP contribution is 2.33. The lowest BCUT2D eigenvalue weighted by molar-refractivity contribution is -0.123. The predicted molar refractivity (Wildman–Crippen MR) is 155 cm³/mol. The van der Waals surface area contributed by atoms with E-state index in [0.29, 0.717) is 17.8 Å². The lowest BCUT2D eigenvalue weighted by Crippen LogP contribution is -2.52. The molecule has 1 unspecified atom stereocenters. The monoisotopic (exact) mass is 574 g/mol. The molecule has 0 spiro atoms. The molecule has 3 amide bonds. The van der Waals surface area contributed by atoms with Crippen molar-refractivity contribution < 1.29 is 33.7 Å². The maximum absolute atomic E-state index is 13.4. The smallest absolute Gasteiger partial charge is 0.338 e. The van der Waals surface area contributed by atoms with Gasteiger partial charge in [0.15, 0.2) is 11.5 Å². The zero-order valence-electron chi connectivity index (χ0n) is 23.3. The fourth-order valence-electron chi connectivity index (χ4n) is 5.00. The molecule has 42 heavy (non-hydrogen) atoms. The number of carbonyl (C=O) groups excluding carboxylic acids is 3. The molecule has 2 atom stereocenters. The SMILES string of the molecule is CCOC(=O)c1ccc(NC(=O)N[C@@H](Cc2ccc(O)cc2)C(=O)NC2CCN(Cc3ccc4c(c3)OCO4)C2)cc1. The molecule has 0 aromatic heterocycles. The van der Waals surface area contributed by atoms with Crippen LogP contribution in [-0.4, -0.2) is 66.5 Å². The Morgan fingerprint density at radius 1 is 1.00 bits per heavy atom. The van der Waals surface area contributed by atoms with Gasteiger partial charge in [0.2, 0.25) is 12.7 Å². The first-order valence-corrected chi connectivity index (χ1v) is 13.9. The zero-order valence-corrected chi connectivity index (χ0v) is 23.3. The number of esters is 1. The molecule has 0 bridgehead atoms. The Balaban J connectivity index is 1.19. The second-order valence-corrected chi connectivity index (χ2v) is 10.2. The number of hydrogen-bond acceptors (Lipinski definition) is 8. The number of amides is 3. The second kappa shape index (κ2) is 13.3. The molecule has 11 nitrogen and oxygen atoms in total. The summed E-state index contributed by atoms with van der Waals surface area (Å²) in [5.74, 6) is 0.861. The van der Waals surface area contributed by atoms with Gasteiger partial charge in [0.05, 0.1) is 12.2 Å². The van der Waals surface area contributed by atoms with Crippen LogP contribution in [0.2, 0.25) is 0 Å². The van der Waals surface area contributed by atoms with Gasteiger partial charge in [0.1, 0.15) is 11.8 Å². The number of phenolic OH excluding ortho intramolecular Hbond substituents is 1. The predicted octanol–water partition coefficient (Wildman–Crippen LogP) is 3.42. The summed E-state index contributed by atoms with van der Waals surface area (Å²) in [7, 11) is 0. The minimum Gasteiger partial charge on any atom is -0.508 e.